The van der Waals surface area contributed by atoms with Crippen LogP contribution in [-0.2, 0) is 13.0 Å². The predicted molar refractivity (Wildman–Crippen MR) is 54.1 cm³/mol. The summed E-state index contributed by atoms with van der Waals surface area (Å²) in [5.74, 6) is 2.60. The predicted octanol–water partition coefficient (Wildman–Crippen LogP) is 1.44. The molecule has 1 aromatic rings. The Balaban J connectivity index is 2.54. The molecule has 70 valence electrons. The van der Waals surface area contributed by atoms with Crippen LogP contribution in [-0.4, -0.2) is 9.78 Å². The molecule has 0 spiro atoms. The molecule has 0 aliphatic carbocycles. The summed E-state index contributed by atoms with van der Waals surface area (Å²) in [5.41, 5.74) is 7.49. The van der Waals surface area contributed by atoms with Crippen LogP contribution in [0.4, 0.5) is 5.69 Å². The Morgan fingerprint density at radius 3 is 3.00 bits per heavy atom. The van der Waals surface area contributed by atoms with Crippen molar-refractivity contribution in [2.45, 2.75) is 32.7 Å². The van der Waals surface area contributed by atoms with Crippen molar-refractivity contribution in [3.8, 4) is 12.3 Å². The maximum Gasteiger partial charge on any atom is 0.0851 e. The van der Waals surface area contributed by atoms with Crippen molar-refractivity contribution in [3.63, 3.8) is 0 Å². The Kier molecular flexibility index (Phi) is 3.39. The molecule has 0 aromatic carbocycles. The lowest BCUT2D eigenvalue weighted by molar-refractivity contribution is 0.580. The summed E-state index contributed by atoms with van der Waals surface area (Å²) in [6.07, 6.45) is 9.65. The largest absolute Gasteiger partial charge is 0.396 e. The zero-order valence-electron chi connectivity index (χ0n) is 7.95. The van der Waals surface area contributed by atoms with Gasteiger partial charge in [-0.15, -0.1) is 12.3 Å². The summed E-state index contributed by atoms with van der Waals surface area (Å²) >= 11 is 0. The number of nitrogens with zero attached hydrogens (tertiary/aromatic N) is 2. The van der Waals surface area contributed by atoms with Gasteiger partial charge in [0, 0.05) is 19.2 Å². The molecule has 1 heterocycles. The summed E-state index contributed by atoms with van der Waals surface area (Å²) in [7, 11) is 0. The average molecular weight is 177 g/mol. The van der Waals surface area contributed by atoms with Crippen LogP contribution in [0.25, 0.3) is 0 Å². The van der Waals surface area contributed by atoms with E-state index in [1.54, 1.807) is 0 Å². The van der Waals surface area contributed by atoms with E-state index >= 15 is 0 Å². The fraction of sp³-hybridized carbons (Fsp3) is 0.500. The molecule has 1 rings (SSSR count). The maximum absolute atomic E-state index is 5.73. The van der Waals surface area contributed by atoms with E-state index in [1.165, 1.54) is 0 Å². The molecule has 0 atom stereocenters. The number of hydrogen-bond acceptors (Lipinski definition) is 2. The zero-order chi connectivity index (χ0) is 9.68. The lowest BCUT2D eigenvalue weighted by Crippen LogP contribution is -1.98. The van der Waals surface area contributed by atoms with Gasteiger partial charge in [-0.25, -0.2) is 0 Å². The second-order valence-electron chi connectivity index (χ2n) is 2.96. The first-order chi connectivity index (χ1) is 6.27. The van der Waals surface area contributed by atoms with Crippen LogP contribution in [0.2, 0.25) is 0 Å². The van der Waals surface area contributed by atoms with Crippen LogP contribution in [0, 0.1) is 12.3 Å². The van der Waals surface area contributed by atoms with E-state index in [4.69, 9.17) is 12.2 Å². The number of aryl methyl sites for hydroxylation is 2. The minimum Gasteiger partial charge on any atom is -0.396 e. The Morgan fingerprint density at radius 2 is 2.46 bits per heavy atom. The molecule has 1 aromatic heterocycles. The third-order valence-corrected chi connectivity index (χ3v) is 1.91. The molecule has 0 bridgehead atoms. The van der Waals surface area contributed by atoms with Crippen molar-refractivity contribution in [2.24, 2.45) is 0 Å². The molecule has 13 heavy (non-hydrogen) atoms. The van der Waals surface area contributed by atoms with Crippen LogP contribution in [0.3, 0.4) is 0 Å². The first-order valence-electron chi connectivity index (χ1n) is 4.53. The Bertz CT molecular complexity index is 306. The number of anilines is 1. The quantitative estimate of drug-likeness (QED) is 0.558. The maximum atomic E-state index is 5.73. The van der Waals surface area contributed by atoms with E-state index in [-0.39, 0.29) is 0 Å². The molecule has 0 unspecified atom stereocenters. The van der Waals surface area contributed by atoms with Gasteiger partial charge >= 0.3 is 0 Å². The SMILES string of the molecule is C#CCCCn1cc(N)c(CC)n1. The van der Waals surface area contributed by atoms with E-state index in [2.05, 4.69) is 11.0 Å². The number of nitrogen functional groups attached to an aromatic ring is 1. The van der Waals surface area contributed by atoms with Crippen molar-refractivity contribution in [1.29, 1.82) is 0 Å². The lowest BCUT2D eigenvalue weighted by atomic mass is 10.3. The van der Waals surface area contributed by atoms with Crippen LogP contribution in [0.5, 0.6) is 0 Å². The van der Waals surface area contributed by atoms with Crippen molar-refractivity contribution >= 4 is 5.69 Å². The smallest absolute Gasteiger partial charge is 0.0851 e. The highest BCUT2D eigenvalue weighted by Gasteiger charge is 2.02. The molecule has 0 aliphatic heterocycles. The molecule has 0 saturated heterocycles. The third kappa shape index (κ3) is 2.51. The molecular weight excluding hydrogens is 162 g/mol. The molecule has 2 N–H and O–H groups in total. The van der Waals surface area contributed by atoms with Gasteiger partial charge in [0.25, 0.3) is 0 Å². The highest BCUT2D eigenvalue weighted by Crippen LogP contribution is 2.09. The average Bonchev–Trinajstić information content (AvgIpc) is 2.47. The van der Waals surface area contributed by atoms with Crippen LogP contribution < -0.4 is 5.73 Å². The molecule has 0 amide bonds. The van der Waals surface area contributed by atoms with Gasteiger partial charge in [0.05, 0.1) is 11.4 Å². The topological polar surface area (TPSA) is 43.8 Å². The number of hydrogen-bond donors (Lipinski definition) is 1. The Morgan fingerprint density at radius 1 is 1.69 bits per heavy atom. The van der Waals surface area contributed by atoms with Gasteiger partial charge < -0.3 is 5.73 Å². The van der Waals surface area contributed by atoms with E-state index in [9.17, 15) is 0 Å². The van der Waals surface area contributed by atoms with E-state index in [0.29, 0.717) is 0 Å². The van der Waals surface area contributed by atoms with Crippen molar-refractivity contribution in [1.82, 2.24) is 9.78 Å². The highest BCUT2D eigenvalue weighted by molar-refractivity contribution is 5.40. The summed E-state index contributed by atoms with van der Waals surface area (Å²) in [6, 6.07) is 0. The normalized spacial score (nSPS) is 9.85. The van der Waals surface area contributed by atoms with Crippen molar-refractivity contribution in [2.75, 3.05) is 5.73 Å². The van der Waals surface area contributed by atoms with Gasteiger partial charge in [-0.05, 0) is 12.8 Å². The number of terminal acetylenes is 1. The number of aromatic nitrogens is 2. The minimum atomic E-state index is 0.781. The highest BCUT2D eigenvalue weighted by atomic mass is 15.3. The molecule has 3 nitrogen and oxygen atoms in total. The summed E-state index contributed by atoms with van der Waals surface area (Å²) in [6.45, 7) is 2.90. The first kappa shape index (κ1) is 9.66. The number of unbranched alkanes of at least 4 members (excludes halogenated alkanes) is 1. The summed E-state index contributed by atoms with van der Waals surface area (Å²) < 4.78 is 1.87. The fourth-order valence-electron chi connectivity index (χ4n) is 1.21. The second kappa shape index (κ2) is 4.56. The third-order valence-electron chi connectivity index (χ3n) is 1.91. The monoisotopic (exact) mass is 177 g/mol. The molecule has 0 radical (unpaired) electrons. The second-order valence-corrected chi connectivity index (χ2v) is 2.96. The Labute approximate surface area is 78.9 Å². The molecule has 0 aliphatic rings. The minimum absolute atomic E-state index is 0.781. The fourth-order valence-corrected chi connectivity index (χ4v) is 1.21. The van der Waals surface area contributed by atoms with Crippen LogP contribution >= 0.6 is 0 Å². The summed E-state index contributed by atoms with van der Waals surface area (Å²) in [4.78, 5) is 0. The zero-order valence-corrected chi connectivity index (χ0v) is 7.95. The van der Waals surface area contributed by atoms with E-state index in [0.717, 1.165) is 37.2 Å². The van der Waals surface area contributed by atoms with Crippen LogP contribution in [0.1, 0.15) is 25.5 Å². The Hall–Kier alpha value is -1.43. The molecule has 0 saturated carbocycles. The van der Waals surface area contributed by atoms with E-state index in [1.807, 2.05) is 17.8 Å². The lowest BCUT2D eigenvalue weighted by Gasteiger charge is -1.96. The summed E-state index contributed by atoms with van der Waals surface area (Å²) in [5, 5.41) is 4.32. The van der Waals surface area contributed by atoms with Gasteiger partial charge in [-0.3, -0.25) is 4.68 Å². The number of rotatable bonds is 4. The molecule has 3 heteroatoms. The molecule has 0 fully saturated rings. The molecular formula is C10H15N3. The standard InChI is InChI=1S/C10H15N3/c1-3-5-6-7-13-8-9(11)10(4-2)12-13/h1,8H,4-7,11H2,2H3. The van der Waals surface area contributed by atoms with Gasteiger partial charge in [-0.2, -0.15) is 5.10 Å². The van der Waals surface area contributed by atoms with Crippen molar-refractivity contribution in [3.05, 3.63) is 11.9 Å². The van der Waals surface area contributed by atoms with E-state index < -0.39 is 0 Å². The van der Waals surface area contributed by atoms with Gasteiger partial charge in [0.15, 0.2) is 0 Å². The van der Waals surface area contributed by atoms with Gasteiger partial charge in [0.1, 0.15) is 0 Å². The first-order valence-corrected chi connectivity index (χ1v) is 4.53. The number of nitrogens with two attached hydrogens (primary N) is 1. The van der Waals surface area contributed by atoms with Gasteiger partial charge in [0.2, 0.25) is 0 Å². The van der Waals surface area contributed by atoms with Crippen molar-refractivity contribution < 1.29 is 0 Å². The van der Waals surface area contributed by atoms with Crippen LogP contribution in [0.15, 0.2) is 6.20 Å². The van der Waals surface area contributed by atoms with Gasteiger partial charge in [-0.1, -0.05) is 6.92 Å².